The molecule has 0 fully saturated rings. The SMILES string of the molecule is CCOC(=O)Cn1c(=NC(=O)c2ccccc2Br)sc2cc(OCC)ccc21. The number of halogens is 1. The number of nitrogens with zero attached hydrogens (tertiary/aromatic N) is 2. The van der Waals surface area contributed by atoms with Crippen LogP contribution in [0, 0.1) is 0 Å². The number of hydrogen-bond donors (Lipinski definition) is 0. The minimum absolute atomic E-state index is 0.0239. The van der Waals surface area contributed by atoms with Gasteiger partial charge in [0.15, 0.2) is 4.80 Å². The van der Waals surface area contributed by atoms with Crippen LogP contribution < -0.4 is 9.54 Å². The third-order valence-electron chi connectivity index (χ3n) is 3.86. The van der Waals surface area contributed by atoms with Crippen LogP contribution in [0.3, 0.4) is 0 Å². The summed E-state index contributed by atoms with van der Waals surface area (Å²) in [6, 6.07) is 12.7. The van der Waals surface area contributed by atoms with Gasteiger partial charge in [-0.15, -0.1) is 0 Å². The number of rotatable bonds is 6. The van der Waals surface area contributed by atoms with Crippen molar-refractivity contribution < 1.29 is 19.1 Å². The van der Waals surface area contributed by atoms with Crippen LogP contribution in [0.4, 0.5) is 0 Å². The average Bonchev–Trinajstić information content (AvgIpc) is 2.99. The third kappa shape index (κ3) is 4.51. The quantitative estimate of drug-likeness (QED) is 0.515. The molecule has 0 aliphatic heterocycles. The fourth-order valence-electron chi connectivity index (χ4n) is 2.67. The Bertz CT molecular complexity index is 1090. The molecule has 1 heterocycles. The van der Waals surface area contributed by atoms with Crippen LogP contribution in [0.2, 0.25) is 0 Å². The van der Waals surface area contributed by atoms with Gasteiger partial charge in [-0.3, -0.25) is 9.59 Å². The molecule has 1 aromatic heterocycles. The molecule has 3 aromatic rings. The minimum atomic E-state index is -0.387. The number of esters is 1. The molecule has 146 valence electrons. The summed E-state index contributed by atoms with van der Waals surface area (Å²) in [4.78, 5) is 29.5. The summed E-state index contributed by atoms with van der Waals surface area (Å²) in [5.74, 6) is -0.0456. The van der Waals surface area contributed by atoms with Gasteiger partial charge in [-0.1, -0.05) is 23.5 Å². The minimum Gasteiger partial charge on any atom is -0.494 e. The van der Waals surface area contributed by atoms with Crippen LogP contribution in [0.25, 0.3) is 10.2 Å². The van der Waals surface area contributed by atoms with E-state index < -0.39 is 0 Å². The van der Waals surface area contributed by atoms with E-state index in [9.17, 15) is 9.59 Å². The number of carbonyl (C=O) groups excluding carboxylic acids is 2. The molecule has 0 aliphatic carbocycles. The summed E-state index contributed by atoms with van der Waals surface area (Å²) in [7, 11) is 0. The van der Waals surface area contributed by atoms with E-state index in [0.29, 0.717) is 28.1 Å². The Balaban J connectivity index is 2.12. The van der Waals surface area contributed by atoms with Crippen molar-refractivity contribution >= 4 is 49.4 Å². The van der Waals surface area contributed by atoms with Gasteiger partial charge in [0.1, 0.15) is 12.3 Å². The van der Waals surface area contributed by atoms with Crippen LogP contribution in [0.1, 0.15) is 24.2 Å². The number of amides is 1. The van der Waals surface area contributed by atoms with Gasteiger partial charge in [0.2, 0.25) is 0 Å². The Labute approximate surface area is 174 Å². The Morgan fingerprint density at radius 2 is 1.93 bits per heavy atom. The summed E-state index contributed by atoms with van der Waals surface area (Å²) < 4.78 is 13.9. The maximum atomic E-state index is 12.7. The van der Waals surface area contributed by atoms with E-state index in [1.807, 2.05) is 31.2 Å². The van der Waals surface area contributed by atoms with E-state index in [2.05, 4.69) is 20.9 Å². The van der Waals surface area contributed by atoms with Crippen LogP contribution in [-0.4, -0.2) is 29.7 Å². The van der Waals surface area contributed by atoms with Crippen molar-refractivity contribution in [3.05, 3.63) is 57.3 Å². The van der Waals surface area contributed by atoms with Gasteiger partial charge >= 0.3 is 5.97 Å². The van der Waals surface area contributed by atoms with Crippen molar-refractivity contribution in [1.82, 2.24) is 4.57 Å². The van der Waals surface area contributed by atoms with E-state index in [1.165, 1.54) is 11.3 Å². The molecule has 0 spiro atoms. The fraction of sp³-hybridized carbons (Fsp3) is 0.250. The normalized spacial score (nSPS) is 11.6. The predicted molar refractivity (Wildman–Crippen MR) is 112 cm³/mol. The number of aromatic nitrogens is 1. The van der Waals surface area contributed by atoms with E-state index >= 15 is 0 Å². The average molecular weight is 463 g/mol. The molecule has 0 unspecified atom stereocenters. The van der Waals surface area contributed by atoms with Gasteiger partial charge in [0.25, 0.3) is 5.91 Å². The first-order chi connectivity index (χ1) is 13.5. The van der Waals surface area contributed by atoms with E-state index in [0.717, 1.165) is 16.0 Å². The number of ether oxygens (including phenoxy) is 2. The monoisotopic (exact) mass is 462 g/mol. The smallest absolute Gasteiger partial charge is 0.326 e. The molecule has 0 N–H and O–H groups in total. The largest absolute Gasteiger partial charge is 0.494 e. The first-order valence-electron chi connectivity index (χ1n) is 8.78. The second kappa shape index (κ2) is 9.16. The zero-order chi connectivity index (χ0) is 20.1. The van der Waals surface area contributed by atoms with Gasteiger partial charge in [0, 0.05) is 4.47 Å². The van der Waals surface area contributed by atoms with Crippen molar-refractivity contribution in [2.45, 2.75) is 20.4 Å². The molecule has 3 rings (SSSR count). The summed E-state index contributed by atoms with van der Waals surface area (Å²) in [6.45, 7) is 4.49. The van der Waals surface area contributed by atoms with Crippen molar-refractivity contribution in [3.63, 3.8) is 0 Å². The third-order valence-corrected chi connectivity index (χ3v) is 5.59. The zero-order valence-electron chi connectivity index (χ0n) is 15.5. The van der Waals surface area contributed by atoms with Crippen LogP contribution in [-0.2, 0) is 16.1 Å². The van der Waals surface area contributed by atoms with E-state index in [-0.39, 0.29) is 18.4 Å². The lowest BCUT2D eigenvalue weighted by Crippen LogP contribution is -2.23. The molecule has 8 heteroatoms. The predicted octanol–water partition coefficient (Wildman–Crippen LogP) is 4.17. The van der Waals surface area contributed by atoms with Gasteiger partial charge in [-0.25, -0.2) is 0 Å². The second-order valence-corrected chi connectivity index (χ2v) is 7.60. The lowest BCUT2D eigenvalue weighted by Gasteiger charge is -2.06. The standard InChI is InChI=1S/C20H19BrN2O4S/c1-3-26-13-9-10-16-17(11-13)28-20(23(16)12-18(24)27-4-2)22-19(25)14-7-5-6-8-15(14)21/h5-11H,3-4,12H2,1-2H3. The van der Waals surface area contributed by atoms with Gasteiger partial charge in [-0.2, -0.15) is 4.99 Å². The van der Waals surface area contributed by atoms with Crippen molar-refractivity contribution in [1.29, 1.82) is 0 Å². The molecule has 0 bridgehead atoms. The first-order valence-corrected chi connectivity index (χ1v) is 10.4. The molecule has 2 aromatic carbocycles. The molecule has 6 nitrogen and oxygen atoms in total. The number of hydrogen-bond acceptors (Lipinski definition) is 5. The van der Waals surface area contributed by atoms with Crippen molar-refractivity contribution in [2.75, 3.05) is 13.2 Å². The molecule has 0 atom stereocenters. The molecule has 0 saturated carbocycles. The molecular weight excluding hydrogens is 444 g/mol. The van der Waals surface area contributed by atoms with Crippen LogP contribution in [0.5, 0.6) is 5.75 Å². The number of carbonyl (C=O) groups is 2. The topological polar surface area (TPSA) is 69.9 Å². The molecule has 0 aliphatic rings. The maximum absolute atomic E-state index is 12.7. The van der Waals surface area contributed by atoms with Crippen LogP contribution >= 0.6 is 27.3 Å². The molecule has 1 amide bonds. The van der Waals surface area contributed by atoms with Crippen LogP contribution in [0.15, 0.2) is 51.9 Å². The van der Waals surface area contributed by atoms with E-state index in [1.54, 1.807) is 29.7 Å². The highest BCUT2D eigenvalue weighted by atomic mass is 79.9. The Kier molecular flexibility index (Phi) is 6.64. The Morgan fingerprint density at radius 1 is 1.14 bits per heavy atom. The summed E-state index contributed by atoms with van der Waals surface area (Å²) >= 11 is 4.70. The highest BCUT2D eigenvalue weighted by molar-refractivity contribution is 9.10. The van der Waals surface area contributed by atoms with Crippen molar-refractivity contribution in [2.24, 2.45) is 4.99 Å². The van der Waals surface area contributed by atoms with Gasteiger partial charge in [-0.05, 0) is 60.1 Å². The number of fused-ring (bicyclic) bond motifs is 1. The summed E-state index contributed by atoms with van der Waals surface area (Å²) in [6.07, 6.45) is 0. The first kappa shape index (κ1) is 20.3. The second-order valence-electron chi connectivity index (χ2n) is 5.74. The summed E-state index contributed by atoms with van der Waals surface area (Å²) in [5, 5.41) is 0. The van der Waals surface area contributed by atoms with Crippen molar-refractivity contribution in [3.8, 4) is 5.75 Å². The lowest BCUT2D eigenvalue weighted by atomic mass is 10.2. The lowest BCUT2D eigenvalue weighted by molar-refractivity contribution is -0.143. The molecular formula is C20H19BrN2O4S. The highest BCUT2D eigenvalue weighted by Crippen LogP contribution is 2.24. The molecule has 28 heavy (non-hydrogen) atoms. The number of thiazole rings is 1. The number of benzene rings is 2. The maximum Gasteiger partial charge on any atom is 0.326 e. The van der Waals surface area contributed by atoms with E-state index in [4.69, 9.17) is 9.47 Å². The fourth-order valence-corrected chi connectivity index (χ4v) is 4.18. The van der Waals surface area contributed by atoms with Gasteiger partial charge < -0.3 is 14.0 Å². The molecule has 0 radical (unpaired) electrons. The Morgan fingerprint density at radius 3 is 2.64 bits per heavy atom. The van der Waals surface area contributed by atoms with Gasteiger partial charge in [0.05, 0.1) is 29.0 Å². The summed E-state index contributed by atoms with van der Waals surface area (Å²) in [5.41, 5.74) is 1.25. The highest BCUT2D eigenvalue weighted by Gasteiger charge is 2.14. The zero-order valence-corrected chi connectivity index (χ0v) is 17.9. The molecule has 0 saturated heterocycles. The Hall–Kier alpha value is -2.45.